The Morgan fingerprint density at radius 3 is 2.69 bits per heavy atom. The number of aliphatic hydroxyl groups excluding tert-OH is 1. The van der Waals surface area contributed by atoms with E-state index in [-0.39, 0.29) is 5.56 Å². The molecular weight excluding hydrogens is 212 g/mol. The molecule has 0 bridgehead atoms. The van der Waals surface area contributed by atoms with E-state index in [2.05, 4.69) is 0 Å². The van der Waals surface area contributed by atoms with Crippen LogP contribution in [0.5, 0.6) is 0 Å². The van der Waals surface area contributed by atoms with Gasteiger partial charge in [-0.05, 0) is 38.2 Å². The fraction of sp³-hybridized carbons (Fsp3) is 0.500. The first-order valence-corrected chi connectivity index (χ1v) is 5.36. The number of nitrogens with zero attached hydrogens (tertiary/aromatic N) is 1. The van der Waals surface area contributed by atoms with Crippen LogP contribution in [0.4, 0.5) is 8.78 Å². The molecular formula is C12H17F2NO. The van der Waals surface area contributed by atoms with Crippen molar-refractivity contribution in [2.45, 2.75) is 19.4 Å². The summed E-state index contributed by atoms with van der Waals surface area (Å²) in [6.07, 6.45) is -0.0401. The first-order valence-electron chi connectivity index (χ1n) is 5.36. The highest BCUT2D eigenvalue weighted by Crippen LogP contribution is 2.19. The van der Waals surface area contributed by atoms with Gasteiger partial charge < -0.3 is 10.0 Å². The number of aliphatic hydroxyl groups is 1. The molecule has 0 heterocycles. The maximum absolute atomic E-state index is 13.3. The topological polar surface area (TPSA) is 23.5 Å². The Morgan fingerprint density at radius 2 is 2.06 bits per heavy atom. The van der Waals surface area contributed by atoms with Crippen molar-refractivity contribution in [1.29, 1.82) is 0 Å². The lowest BCUT2D eigenvalue weighted by atomic mass is 10.1. The van der Waals surface area contributed by atoms with Crippen LogP contribution in [0, 0.1) is 11.6 Å². The maximum Gasteiger partial charge on any atom is 0.129 e. The second kappa shape index (κ2) is 5.92. The second-order valence-corrected chi connectivity index (χ2v) is 3.94. The van der Waals surface area contributed by atoms with E-state index >= 15 is 0 Å². The van der Waals surface area contributed by atoms with Crippen LogP contribution in [-0.4, -0.2) is 30.1 Å². The summed E-state index contributed by atoms with van der Waals surface area (Å²) in [7, 11) is 1.84. The fourth-order valence-corrected chi connectivity index (χ4v) is 1.64. The Bertz CT molecular complexity index is 344. The SMILES string of the molecule is CCCN(C)CC(O)c1cc(F)ccc1F. The molecule has 0 aliphatic heterocycles. The Kier molecular flexibility index (Phi) is 4.83. The summed E-state index contributed by atoms with van der Waals surface area (Å²) >= 11 is 0. The van der Waals surface area contributed by atoms with Crippen LogP contribution in [0.15, 0.2) is 18.2 Å². The third-order valence-corrected chi connectivity index (χ3v) is 2.41. The van der Waals surface area contributed by atoms with Crippen molar-refractivity contribution in [3.63, 3.8) is 0 Å². The minimum Gasteiger partial charge on any atom is -0.387 e. The summed E-state index contributed by atoms with van der Waals surface area (Å²) in [6.45, 7) is 3.13. The predicted molar refractivity (Wildman–Crippen MR) is 59.1 cm³/mol. The molecule has 1 atom stereocenters. The zero-order chi connectivity index (χ0) is 12.1. The lowest BCUT2D eigenvalue weighted by Crippen LogP contribution is -2.25. The average Bonchev–Trinajstić information content (AvgIpc) is 2.21. The molecule has 1 aromatic rings. The molecule has 4 heteroatoms. The van der Waals surface area contributed by atoms with Gasteiger partial charge in [-0.1, -0.05) is 6.92 Å². The maximum atomic E-state index is 13.3. The molecule has 1 aromatic carbocycles. The summed E-state index contributed by atoms with van der Waals surface area (Å²) in [5, 5.41) is 9.77. The van der Waals surface area contributed by atoms with E-state index in [4.69, 9.17) is 0 Å². The van der Waals surface area contributed by atoms with Gasteiger partial charge in [-0.25, -0.2) is 8.78 Å². The first kappa shape index (κ1) is 13.1. The molecule has 2 nitrogen and oxygen atoms in total. The summed E-state index contributed by atoms with van der Waals surface area (Å²) in [6, 6.07) is 3.12. The van der Waals surface area contributed by atoms with Crippen molar-refractivity contribution in [3.05, 3.63) is 35.4 Å². The standard InChI is InChI=1S/C12H17F2NO/c1-3-6-15(2)8-12(16)10-7-9(13)4-5-11(10)14/h4-5,7,12,16H,3,6,8H2,1-2H3. The smallest absolute Gasteiger partial charge is 0.129 e. The number of likely N-dealkylation sites (N-methyl/N-ethyl adjacent to an activating group) is 1. The largest absolute Gasteiger partial charge is 0.387 e. The highest BCUT2D eigenvalue weighted by Gasteiger charge is 2.15. The highest BCUT2D eigenvalue weighted by molar-refractivity contribution is 5.21. The van der Waals surface area contributed by atoms with Crippen LogP contribution in [0.1, 0.15) is 25.0 Å². The zero-order valence-corrected chi connectivity index (χ0v) is 9.58. The molecule has 0 amide bonds. The van der Waals surface area contributed by atoms with Crippen molar-refractivity contribution in [2.24, 2.45) is 0 Å². The Hall–Kier alpha value is -1.00. The summed E-state index contributed by atoms with van der Waals surface area (Å²) < 4.78 is 26.2. The average molecular weight is 229 g/mol. The van der Waals surface area contributed by atoms with Crippen molar-refractivity contribution in [1.82, 2.24) is 4.90 Å². The van der Waals surface area contributed by atoms with E-state index in [1.165, 1.54) is 0 Å². The van der Waals surface area contributed by atoms with Crippen LogP contribution < -0.4 is 0 Å². The van der Waals surface area contributed by atoms with Gasteiger partial charge in [0.2, 0.25) is 0 Å². The van der Waals surface area contributed by atoms with Crippen LogP contribution >= 0.6 is 0 Å². The van der Waals surface area contributed by atoms with E-state index in [1.807, 2.05) is 18.9 Å². The lowest BCUT2D eigenvalue weighted by molar-refractivity contribution is 0.123. The van der Waals surface area contributed by atoms with Gasteiger partial charge in [0.1, 0.15) is 11.6 Å². The Balaban J connectivity index is 2.72. The molecule has 0 spiro atoms. The van der Waals surface area contributed by atoms with E-state index in [9.17, 15) is 13.9 Å². The van der Waals surface area contributed by atoms with Gasteiger partial charge in [-0.3, -0.25) is 0 Å². The van der Waals surface area contributed by atoms with Crippen molar-refractivity contribution in [3.8, 4) is 0 Å². The number of rotatable bonds is 5. The van der Waals surface area contributed by atoms with E-state index < -0.39 is 17.7 Å². The quantitative estimate of drug-likeness (QED) is 0.837. The summed E-state index contributed by atoms with van der Waals surface area (Å²) in [5.41, 5.74) is 0.0166. The molecule has 0 aromatic heterocycles. The molecule has 1 unspecified atom stereocenters. The summed E-state index contributed by atoms with van der Waals surface area (Å²) in [4.78, 5) is 1.88. The molecule has 0 radical (unpaired) electrons. The molecule has 0 aliphatic carbocycles. The number of halogens is 2. The van der Waals surface area contributed by atoms with Gasteiger partial charge in [0, 0.05) is 12.1 Å². The van der Waals surface area contributed by atoms with Gasteiger partial charge in [0.15, 0.2) is 0 Å². The second-order valence-electron chi connectivity index (χ2n) is 3.94. The molecule has 0 fully saturated rings. The van der Waals surface area contributed by atoms with Crippen LogP contribution in [0.3, 0.4) is 0 Å². The summed E-state index contributed by atoms with van der Waals surface area (Å²) in [5.74, 6) is -1.10. The monoisotopic (exact) mass is 229 g/mol. The van der Waals surface area contributed by atoms with Crippen LogP contribution in [-0.2, 0) is 0 Å². The first-order chi connectivity index (χ1) is 7.54. The molecule has 0 saturated heterocycles. The van der Waals surface area contributed by atoms with Gasteiger partial charge in [-0.15, -0.1) is 0 Å². The van der Waals surface area contributed by atoms with E-state index in [0.29, 0.717) is 6.54 Å². The van der Waals surface area contributed by atoms with Gasteiger partial charge >= 0.3 is 0 Å². The Labute approximate surface area is 94.5 Å². The lowest BCUT2D eigenvalue weighted by Gasteiger charge is -2.20. The fourth-order valence-electron chi connectivity index (χ4n) is 1.64. The minimum absolute atomic E-state index is 0.0166. The molecule has 0 aliphatic rings. The van der Waals surface area contributed by atoms with Gasteiger partial charge in [0.25, 0.3) is 0 Å². The minimum atomic E-state index is -0.993. The van der Waals surface area contributed by atoms with Gasteiger partial charge in [0.05, 0.1) is 6.10 Å². The molecule has 1 rings (SSSR count). The molecule has 1 N–H and O–H groups in total. The molecule has 16 heavy (non-hydrogen) atoms. The van der Waals surface area contributed by atoms with E-state index in [0.717, 1.165) is 31.2 Å². The number of hydrogen-bond acceptors (Lipinski definition) is 2. The van der Waals surface area contributed by atoms with Crippen LogP contribution in [0.2, 0.25) is 0 Å². The van der Waals surface area contributed by atoms with Crippen molar-refractivity contribution in [2.75, 3.05) is 20.1 Å². The Morgan fingerprint density at radius 1 is 1.38 bits per heavy atom. The van der Waals surface area contributed by atoms with Crippen molar-refractivity contribution < 1.29 is 13.9 Å². The molecule has 90 valence electrons. The molecule has 0 saturated carbocycles. The van der Waals surface area contributed by atoms with Crippen molar-refractivity contribution >= 4 is 0 Å². The van der Waals surface area contributed by atoms with E-state index in [1.54, 1.807) is 0 Å². The normalized spacial score (nSPS) is 13.1. The van der Waals surface area contributed by atoms with Gasteiger partial charge in [-0.2, -0.15) is 0 Å². The number of benzene rings is 1. The van der Waals surface area contributed by atoms with Crippen LogP contribution in [0.25, 0.3) is 0 Å². The predicted octanol–water partition coefficient (Wildman–Crippen LogP) is 2.34. The number of hydrogen-bond donors (Lipinski definition) is 1. The highest BCUT2D eigenvalue weighted by atomic mass is 19.1. The third kappa shape index (κ3) is 3.54. The third-order valence-electron chi connectivity index (χ3n) is 2.41. The zero-order valence-electron chi connectivity index (χ0n) is 9.58.